The lowest BCUT2D eigenvalue weighted by Gasteiger charge is -2.41. The van der Waals surface area contributed by atoms with E-state index in [1.165, 1.54) is 38.6 Å². The van der Waals surface area contributed by atoms with Crippen LogP contribution in [-0.4, -0.2) is 0 Å². The molecule has 2 aliphatic carbocycles. The Morgan fingerprint density at radius 1 is 0.879 bits per heavy atom. The molecule has 0 bridgehead atoms. The largest absolute Gasteiger partial charge is 0.457 e. The molecule has 1 unspecified atom stereocenters. The molecule has 33 heavy (non-hydrogen) atoms. The van der Waals surface area contributed by atoms with Gasteiger partial charge in [0.2, 0.25) is 0 Å². The zero-order chi connectivity index (χ0) is 22.2. The van der Waals surface area contributed by atoms with Gasteiger partial charge in [-0.1, -0.05) is 76.6 Å². The van der Waals surface area contributed by atoms with E-state index in [4.69, 9.17) is 4.74 Å². The monoisotopic (exact) mass is 487 g/mol. The number of nitriles is 1. The Morgan fingerprint density at radius 2 is 1.67 bits per heavy atom. The van der Waals surface area contributed by atoms with Gasteiger partial charge in [0.25, 0.3) is 0 Å². The van der Waals surface area contributed by atoms with Crippen molar-refractivity contribution in [1.29, 1.82) is 5.26 Å². The van der Waals surface area contributed by atoms with Gasteiger partial charge in [0.15, 0.2) is 0 Å². The van der Waals surface area contributed by atoms with Gasteiger partial charge in [-0.3, -0.25) is 0 Å². The first kappa shape index (κ1) is 18.9. The number of allylic oxidation sites excluding steroid dienone is 4. The van der Waals surface area contributed by atoms with E-state index in [-0.39, 0.29) is 0 Å². The van der Waals surface area contributed by atoms with E-state index in [1.807, 2.05) is 12.1 Å². The molecule has 0 aromatic heterocycles. The fourth-order valence-electron chi connectivity index (χ4n) is 6.08. The van der Waals surface area contributed by atoms with E-state index in [0.717, 1.165) is 34.4 Å². The van der Waals surface area contributed by atoms with Gasteiger partial charge in [-0.2, -0.15) is 5.26 Å². The molecule has 3 heteroatoms. The van der Waals surface area contributed by atoms with Gasteiger partial charge >= 0.3 is 0 Å². The predicted molar refractivity (Wildman–Crippen MR) is 134 cm³/mol. The van der Waals surface area contributed by atoms with Crippen LogP contribution < -0.4 is 4.74 Å². The molecule has 0 N–H and O–H groups in total. The van der Waals surface area contributed by atoms with Gasteiger partial charge in [0.1, 0.15) is 11.5 Å². The van der Waals surface area contributed by atoms with Crippen LogP contribution >= 0.6 is 15.9 Å². The smallest absolute Gasteiger partial charge is 0.133 e. The Hall–Kier alpha value is -3.61. The standard InChI is InChI=1S/C30H18BrNO/c31-20-11-14-25-28(16-20)33-27-15-18(17-32)9-12-24(27)30(25)23-8-4-3-7-22(23)29-21-6-2-1-5-19(21)10-13-26(29)30/h1-3,5-7,9-16H,4,8H2. The second-order valence-corrected chi connectivity index (χ2v) is 9.77. The molecule has 4 aromatic rings. The summed E-state index contributed by atoms with van der Waals surface area (Å²) in [5.41, 5.74) is 7.84. The van der Waals surface area contributed by atoms with Crippen LogP contribution in [0.3, 0.4) is 0 Å². The van der Waals surface area contributed by atoms with Crippen molar-refractivity contribution < 1.29 is 4.74 Å². The number of benzene rings is 4. The molecule has 0 amide bonds. The molecule has 1 aliphatic heterocycles. The molecule has 156 valence electrons. The summed E-state index contributed by atoms with van der Waals surface area (Å²) in [4.78, 5) is 0. The maximum Gasteiger partial charge on any atom is 0.133 e. The summed E-state index contributed by atoms with van der Waals surface area (Å²) in [6.45, 7) is 0. The van der Waals surface area contributed by atoms with Gasteiger partial charge < -0.3 is 4.74 Å². The molecular formula is C30H18BrNO. The van der Waals surface area contributed by atoms with E-state index < -0.39 is 5.41 Å². The number of ether oxygens (including phenoxy) is 1. The summed E-state index contributed by atoms with van der Waals surface area (Å²) in [7, 11) is 0. The lowest BCUT2D eigenvalue weighted by molar-refractivity contribution is 0.431. The maximum absolute atomic E-state index is 9.57. The normalized spacial score (nSPS) is 19.5. The van der Waals surface area contributed by atoms with Crippen LogP contribution in [0.4, 0.5) is 0 Å². The van der Waals surface area contributed by atoms with Gasteiger partial charge in [-0.15, -0.1) is 0 Å². The van der Waals surface area contributed by atoms with E-state index >= 15 is 0 Å². The summed E-state index contributed by atoms with van der Waals surface area (Å²) in [6.07, 6.45) is 6.62. The average molecular weight is 488 g/mol. The van der Waals surface area contributed by atoms with Crippen LogP contribution in [0.1, 0.15) is 40.7 Å². The molecule has 1 atom stereocenters. The van der Waals surface area contributed by atoms with Crippen LogP contribution in [0.5, 0.6) is 11.5 Å². The van der Waals surface area contributed by atoms with Gasteiger partial charge in [-0.25, -0.2) is 0 Å². The Balaban J connectivity index is 1.69. The quantitative estimate of drug-likeness (QED) is 0.251. The third-order valence-electron chi connectivity index (χ3n) is 7.31. The molecular weight excluding hydrogens is 470 g/mol. The van der Waals surface area contributed by atoms with Crippen molar-refractivity contribution in [2.45, 2.75) is 18.3 Å². The Bertz CT molecular complexity index is 1620. The van der Waals surface area contributed by atoms with Crippen molar-refractivity contribution in [2.75, 3.05) is 0 Å². The Kier molecular flexibility index (Phi) is 3.84. The van der Waals surface area contributed by atoms with Crippen molar-refractivity contribution in [3.05, 3.63) is 123 Å². The van der Waals surface area contributed by atoms with Gasteiger partial charge in [-0.05, 0) is 70.2 Å². The molecule has 0 radical (unpaired) electrons. The number of hydrogen-bond donors (Lipinski definition) is 0. The number of halogens is 1. The number of rotatable bonds is 0. The van der Waals surface area contributed by atoms with E-state index in [0.29, 0.717) is 5.56 Å². The van der Waals surface area contributed by atoms with Crippen molar-refractivity contribution in [1.82, 2.24) is 0 Å². The molecule has 1 heterocycles. The molecule has 0 saturated heterocycles. The molecule has 0 fully saturated rings. The summed E-state index contributed by atoms with van der Waals surface area (Å²) >= 11 is 3.63. The molecule has 3 aliphatic rings. The zero-order valence-corrected chi connectivity index (χ0v) is 19.3. The van der Waals surface area contributed by atoms with Crippen LogP contribution in [0.25, 0.3) is 16.3 Å². The highest BCUT2D eigenvalue weighted by molar-refractivity contribution is 9.10. The third-order valence-corrected chi connectivity index (χ3v) is 7.80. The Labute approximate surface area is 200 Å². The highest BCUT2D eigenvalue weighted by Gasteiger charge is 2.52. The molecule has 7 rings (SSSR count). The van der Waals surface area contributed by atoms with Crippen molar-refractivity contribution in [2.24, 2.45) is 0 Å². The van der Waals surface area contributed by atoms with Crippen LogP contribution in [0, 0.1) is 11.3 Å². The van der Waals surface area contributed by atoms with E-state index in [9.17, 15) is 5.26 Å². The Morgan fingerprint density at radius 3 is 2.55 bits per heavy atom. The zero-order valence-electron chi connectivity index (χ0n) is 17.7. The SMILES string of the molecule is N#Cc1ccc2c(c1)Oc1cc(Br)ccc1C21C2=C(C=CCC2)c2c1ccc1ccccc21. The minimum absolute atomic E-state index is 0.433. The predicted octanol–water partition coefficient (Wildman–Crippen LogP) is 8.03. The highest BCUT2D eigenvalue weighted by Crippen LogP contribution is 2.63. The molecule has 4 aromatic carbocycles. The fraction of sp³-hybridized carbons (Fsp3) is 0.100. The second-order valence-electron chi connectivity index (χ2n) is 8.86. The third kappa shape index (κ3) is 2.37. The number of fused-ring (bicyclic) bond motifs is 10. The second kappa shape index (κ2) is 6.70. The molecule has 0 saturated carbocycles. The highest BCUT2D eigenvalue weighted by atomic mass is 79.9. The number of nitrogens with zero attached hydrogens (tertiary/aromatic N) is 1. The summed E-state index contributed by atoms with van der Waals surface area (Å²) in [5.74, 6) is 1.61. The summed E-state index contributed by atoms with van der Waals surface area (Å²) in [5, 5.41) is 12.1. The first-order valence-corrected chi connectivity index (χ1v) is 12.0. The topological polar surface area (TPSA) is 33.0 Å². The van der Waals surface area contributed by atoms with Gasteiger partial charge in [0, 0.05) is 15.6 Å². The van der Waals surface area contributed by atoms with Crippen LogP contribution in [0.2, 0.25) is 0 Å². The molecule has 2 nitrogen and oxygen atoms in total. The number of hydrogen-bond acceptors (Lipinski definition) is 2. The molecule has 1 spiro atoms. The van der Waals surface area contributed by atoms with E-state index in [2.05, 4.69) is 94.8 Å². The fourth-order valence-corrected chi connectivity index (χ4v) is 6.42. The van der Waals surface area contributed by atoms with Crippen LogP contribution in [0.15, 0.2) is 95.0 Å². The first-order valence-electron chi connectivity index (χ1n) is 11.2. The first-order chi connectivity index (χ1) is 16.2. The van der Waals surface area contributed by atoms with Crippen molar-refractivity contribution in [3.8, 4) is 17.6 Å². The van der Waals surface area contributed by atoms with Gasteiger partial charge in [0.05, 0.1) is 17.0 Å². The van der Waals surface area contributed by atoms with Crippen molar-refractivity contribution >= 4 is 32.3 Å². The lowest BCUT2D eigenvalue weighted by Crippen LogP contribution is -2.33. The summed E-state index contributed by atoms with van der Waals surface area (Å²) in [6, 6.07) is 27.8. The summed E-state index contributed by atoms with van der Waals surface area (Å²) < 4.78 is 7.43. The van der Waals surface area contributed by atoms with E-state index in [1.54, 1.807) is 0 Å². The maximum atomic E-state index is 9.57. The minimum Gasteiger partial charge on any atom is -0.457 e. The van der Waals surface area contributed by atoms with Crippen LogP contribution in [-0.2, 0) is 5.41 Å². The average Bonchev–Trinajstić information content (AvgIpc) is 3.15. The lowest BCUT2D eigenvalue weighted by atomic mass is 9.64. The minimum atomic E-state index is -0.433. The van der Waals surface area contributed by atoms with Crippen molar-refractivity contribution in [3.63, 3.8) is 0 Å².